The SMILES string of the molecule is CCC(C)C(N)C(=O)N[C@@H](CCCN=C(N)N)C(=O)N[C@@H](/C=C\C#P=O)C(=O)O. The first-order valence-electron chi connectivity index (χ1n) is 9.03. The van der Waals surface area contributed by atoms with Crippen molar-refractivity contribution in [3.05, 3.63) is 12.2 Å². The molecule has 0 rings (SSSR count). The number of nitrogens with zero attached hydrogens (tertiary/aromatic N) is 1. The number of carbonyl (C=O) groups excluding carboxylic acids is 2. The summed E-state index contributed by atoms with van der Waals surface area (Å²) in [6.45, 7) is 3.93. The fourth-order valence-corrected chi connectivity index (χ4v) is 2.32. The van der Waals surface area contributed by atoms with E-state index >= 15 is 0 Å². The Bertz CT molecular complexity index is 732. The van der Waals surface area contributed by atoms with E-state index in [0.29, 0.717) is 12.8 Å². The first-order chi connectivity index (χ1) is 13.6. The predicted octanol–water partition coefficient (Wildman–Crippen LogP) is -0.725. The molecule has 9 N–H and O–H groups in total. The molecule has 2 unspecified atom stereocenters. The molecular weight excluding hydrogens is 399 g/mol. The summed E-state index contributed by atoms with van der Waals surface area (Å²) in [5.41, 5.74) is 18.7. The topological polar surface area (TPSA) is 203 Å². The molecule has 0 saturated carbocycles. The Kier molecular flexibility index (Phi) is 13.1. The van der Waals surface area contributed by atoms with E-state index < -0.39 is 43.8 Å². The van der Waals surface area contributed by atoms with Gasteiger partial charge in [-0.3, -0.25) is 0 Å². The monoisotopic (exact) mass is 428 g/mol. The third kappa shape index (κ3) is 11.1. The molecule has 0 radical (unpaired) electrons. The summed E-state index contributed by atoms with van der Waals surface area (Å²) < 4.78 is 10.4. The van der Waals surface area contributed by atoms with Gasteiger partial charge in [0.2, 0.25) is 0 Å². The van der Waals surface area contributed by atoms with Gasteiger partial charge in [0, 0.05) is 0 Å². The fourth-order valence-electron chi connectivity index (χ4n) is 2.17. The number of amides is 2. The second-order valence-electron chi connectivity index (χ2n) is 6.33. The van der Waals surface area contributed by atoms with Crippen molar-refractivity contribution in [2.24, 2.45) is 28.1 Å². The van der Waals surface area contributed by atoms with Crippen LogP contribution in [0.2, 0.25) is 0 Å². The number of hydrogen-bond acceptors (Lipinski definition) is 6. The van der Waals surface area contributed by atoms with Crippen LogP contribution in [-0.4, -0.2) is 53.5 Å². The number of hydrogen-bond donors (Lipinski definition) is 6. The van der Waals surface area contributed by atoms with Gasteiger partial charge in [-0.05, 0) is 0 Å². The van der Waals surface area contributed by atoms with Crippen LogP contribution in [0.15, 0.2) is 17.1 Å². The van der Waals surface area contributed by atoms with Crippen LogP contribution in [0.25, 0.3) is 0 Å². The van der Waals surface area contributed by atoms with Crippen LogP contribution in [0.1, 0.15) is 33.1 Å². The standard InChI is InChI=1S/C17H29N6O5P/c1-3-10(2)13(18)15(25)22-11(6-4-8-21-17(19)20)14(24)23-12(16(26)27)7-5-9-29-28/h5,7,10-13H,3-4,6,8,18H2,1-2H3,(H,22,25)(H,23,24)(H,26,27)(H4,19,20,21)/b7-5-/t10?,11-,12-,13?/m0/s1. The number of nitrogens with one attached hydrogen (secondary N) is 2. The predicted molar refractivity (Wildman–Crippen MR) is 109 cm³/mol. The van der Waals surface area contributed by atoms with Gasteiger partial charge in [0.15, 0.2) is 0 Å². The Balaban J connectivity index is 5.30. The van der Waals surface area contributed by atoms with Crippen LogP contribution in [0, 0.1) is 11.5 Å². The first-order valence-corrected chi connectivity index (χ1v) is 9.84. The van der Waals surface area contributed by atoms with Gasteiger partial charge in [-0.1, -0.05) is 6.92 Å². The molecule has 12 heteroatoms. The summed E-state index contributed by atoms with van der Waals surface area (Å²) >= 11 is 0. The molecule has 0 aliphatic carbocycles. The number of carboxylic acids is 1. The van der Waals surface area contributed by atoms with Crippen molar-refractivity contribution in [1.29, 1.82) is 0 Å². The van der Waals surface area contributed by atoms with Crippen molar-refractivity contribution in [2.45, 2.75) is 51.2 Å². The van der Waals surface area contributed by atoms with Crippen LogP contribution in [0.5, 0.6) is 0 Å². The zero-order valence-electron chi connectivity index (χ0n) is 16.5. The van der Waals surface area contributed by atoms with Crippen molar-refractivity contribution in [3.63, 3.8) is 0 Å². The van der Waals surface area contributed by atoms with E-state index in [1.54, 1.807) is 0 Å². The minimum absolute atomic E-state index is 0.102. The van der Waals surface area contributed by atoms with Gasteiger partial charge in [0.25, 0.3) is 0 Å². The zero-order chi connectivity index (χ0) is 22.4. The number of rotatable bonds is 12. The molecule has 2 amide bonds. The van der Waals surface area contributed by atoms with E-state index in [1.807, 2.05) is 13.8 Å². The second kappa shape index (κ2) is 14.4. The summed E-state index contributed by atoms with van der Waals surface area (Å²) in [4.78, 5) is 40.1. The van der Waals surface area contributed by atoms with E-state index in [1.165, 1.54) is 0 Å². The molecule has 0 aromatic carbocycles. The molecule has 0 bridgehead atoms. The van der Waals surface area contributed by atoms with Crippen LogP contribution < -0.4 is 27.8 Å². The number of aliphatic imine (C=N–C) groups is 1. The summed E-state index contributed by atoms with van der Waals surface area (Å²) in [7, 11) is -0.425. The molecule has 29 heavy (non-hydrogen) atoms. The first kappa shape index (κ1) is 26.4. The van der Waals surface area contributed by atoms with Crippen LogP contribution in [-0.2, 0) is 18.9 Å². The molecule has 0 saturated heterocycles. The van der Waals surface area contributed by atoms with Crippen molar-refractivity contribution in [2.75, 3.05) is 6.54 Å². The molecule has 4 atom stereocenters. The van der Waals surface area contributed by atoms with Gasteiger partial charge < -0.3 is 11.5 Å². The Hall–Kier alpha value is -2.61. The fraction of sp³-hybridized carbons (Fsp3) is 0.588. The number of guanidine groups is 1. The van der Waals surface area contributed by atoms with Gasteiger partial charge in [0.1, 0.15) is 0 Å². The summed E-state index contributed by atoms with van der Waals surface area (Å²) in [5, 5.41) is 14.1. The Labute approximate surface area is 170 Å². The molecule has 0 heterocycles. The molecule has 0 aliphatic rings. The number of carboxylic acid groups (broad SMARTS) is 1. The van der Waals surface area contributed by atoms with E-state index in [2.05, 4.69) is 21.3 Å². The summed E-state index contributed by atoms with van der Waals surface area (Å²) in [6, 6.07) is -3.24. The Morgan fingerprint density at radius 1 is 1.24 bits per heavy atom. The molecule has 0 aliphatic heterocycles. The van der Waals surface area contributed by atoms with E-state index in [4.69, 9.17) is 17.2 Å². The van der Waals surface area contributed by atoms with Gasteiger partial charge in [-0.25, -0.2) is 0 Å². The van der Waals surface area contributed by atoms with Gasteiger partial charge in [0.05, 0.1) is 0 Å². The van der Waals surface area contributed by atoms with Gasteiger partial charge in [-0.2, -0.15) is 0 Å². The van der Waals surface area contributed by atoms with E-state index in [0.717, 1.165) is 12.2 Å². The molecule has 0 aromatic heterocycles. The quantitative estimate of drug-likeness (QED) is 0.101. The zero-order valence-corrected chi connectivity index (χ0v) is 17.4. The van der Waals surface area contributed by atoms with Gasteiger partial charge >= 0.3 is 152 Å². The third-order valence-electron chi connectivity index (χ3n) is 4.12. The summed E-state index contributed by atoms with van der Waals surface area (Å²) in [5.74, 6) is -2.77. The maximum atomic E-state index is 12.6. The third-order valence-corrected chi connectivity index (χ3v) is 4.37. The van der Waals surface area contributed by atoms with Crippen LogP contribution in [0.3, 0.4) is 0 Å². The van der Waals surface area contributed by atoms with Crippen molar-refractivity contribution >= 4 is 31.7 Å². The van der Waals surface area contributed by atoms with Crippen LogP contribution >= 0.6 is 7.92 Å². The minimum atomic E-state index is -1.39. The average molecular weight is 428 g/mol. The second-order valence-corrected chi connectivity index (χ2v) is 6.77. The molecule has 0 aromatic rings. The molecule has 0 spiro atoms. The Morgan fingerprint density at radius 3 is 2.41 bits per heavy atom. The molecule has 11 nitrogen and oxygen atoms in total. The molecule has 0 fully saturated rings. The normalized spacial score (nSPS) is 14.7. The Morgan fingerprint density at radius 2 is 1.90 bits per heavy atom. The van der Waals surface area contributed by atoms with Gasteiger partial charge in [-0.15, -0.1) is 0 Å². The number of allylic oxidation sites excluding steroid dienone is 1. The number of carbonyl (C=O) groups is 3. The molecular formula is C17H29N6O5P. The molecule has 162 valence electrons. The van der Waals surface area contributed by atoms with E-state index in [9.17, 15) is 24.1 Å². The number of aliphatic carboxylic acids is 1. The summed E-state index contributed by atoms with van der Waals surface area (Å²) in [6.07, 6.45) is 3.43. The van der Waals surface area contributed by atoms with Crippen molar-refractivity contribution in [3.8, 4) is 5.63 Å². The number of nitrogens with two attached hydrogens (primary N) is 3. The van der Waals surface area contributed by atoms with Crippen molar-refractivity contribution < 1.29 is 24.1 Å². The average Bonchev–Trinajstić information content (AvgIpc) is 2.67. The van der Waals surface area contributed by atoms with Crippen LogP contribution in [0.4, 0.5) is 0 Å². The van der Waals surface area contributed by atoms with Crippen molar-refractivity contribution in [1.82, 2.24) is 10.6 Å². The maximum absolute atomic E-state index is 12.6. The van der Waals surface area contributed by atoms with E-state index in [-0.39, 0.29) is 24.8 Å².